The number of carbonyl (C=O) groups is 4. The SMILES string of the molecule is COC(=O)c1ccc2c(c1)ncn2Cc1ccc(-c2ccccc2C(=O)OC(C)(C)C)cc1.COC(=O)c1ccc2ncn(Cc3ccc(-c4ccccc4C(=O)OC(C)(C)C)cc3)c2c1. The molecule has 12 heteroatoms. The van der Waals surface area contributed by atoms with Crippen LogP contribution in [0.25, 0.3) is 44.3 Å². The summed E-state index contributed by atoms with van der Waals surface area (Å²) in [4.78, 5) is 57.9. The summed E-state index contributed by atoms with van der Waals surface area (Å²) >= 11 is 0. The van der Waals surface area contributed by atoms with E-state index in [0.29, 0.717) is 35.3 Å². The topological polar surface area (TPSA) is 141 Å². The molecule has 0 saturated carbocycles. The third-order valence-electron chi connectivity index (χ3n) is 10.4. The van der Waals surface area contributed by atoms with Crippen molar-refractivity contribution in [1.29, 1.82) is 0 Å². The molecule has 0 fully saturated rings. The maximum atomic E-state index is 12.7. The van der Waals surface area contributed by atoms with Crippen molar-refractivity contribution in [2.75, 3.05) is 14.2 Å². The number of esters is 4. The smallest absolute Gasteiger partial charge is 0.339 e. The maximum Gasteiger partial charge on any atom is 0.339 e. The van der Waals surface area contributed by atoms with Gasteiger partial charge >= 0.3 is 23.9 Å². The zero-order valence-corrected chi connectivity index (χ0v) is 38.3. The molecule has 0 radical (unpaired) electrons. The molecule has 336 valence electrons. The summed E-state index contributed by atoms with van der Waals surface area (Å²) in [7, 11) is 2.73. The predicted molar refractivity (Wildman–Crippen MR) is 254 cm³/mol. The second-order valence-electron chi connectivity index (χ2n) is 17.6. The minimum atomic E-state index is -0.560. The highest BCUT2D eigenvalue weighted by atomic mass is 16.6. The fourth-order valence-corrected chi connectivity index (χ4v) is 7.33. The number of fused-ring (bicyclic) bond motifs is 2. The monoisotopic (exact) mass is 884 g/mol. The lowest BCUT2D eigenvalue weighted by atomic mass is 9.98. The molecular formula is C54H52N4O8. The number of rotatable bonds is 10. The first-order valence-electron chi connectivity index (χ1n) is 21.4. The van der Waals surface area contributed by atoms with E-state index in [2.05, 4.69) is 9.97 Å². The molecule has 0 N–H and O–H groups in total. The van der Waals surface area contributed by atoms with E-state index in [4.69, 9.17) is 18.9 Å². The molecule has 0 spiro atoms. The first-order valence-corrected chi connectivity index (χ1v) is 21.4. The highest BCUT2D eigenvalue weighted by Crippen LogP contribution is 2.29. The lowest BCUT2D eigenvalue weighted by molar-refractivity contribution is 0.00578. The Morgan fingerprint density at radius 2 is 0.894 bits per heavy atom. The van der Waals surface area contributed by atoms with Gasteiger partial charge in [0.25, 0.3) is 0 Å². The number of nitrogens with zero attached hydrogens (tertiary/aromatic N) is 4. The van der Waals surface area contributed by atoms with Gasteiger partial charge in [0, 0.05) is 13.1 Å². The summed E-state index contributed by atoms with van der Waals surface area (Å²) in [5.41, 5.74) is 9.96. The summed E-state index contributed by atoms with van der Waals surface area (Å²) in [6.07, 6.45) is 3.52. The van der Waals surface area contributed by atoms with Crippen molar-refractivity contribution in [3.63, 3.8) is 0 Å². The van der Waals surface area contributed by atoms with E-state index in [1.807, 2.05) is 148 Å². The molecule has 6 aromatic carbocycles. The molecule has 0 atom stereocenters. The second-order valence-corrected chi connectivity index (χ2v) is 17.6. The maximum absolute atomic E-state index is 12.7. The van der Waals surface area contributed by atoms with Crippen LogP contribution in [-0.4, -0.2) is 68.4 Å². The van der Waals surface area contributed by atoms with Crippen LogP contribution in [0.15, 0.2) is 146 Å². The van der Waals surface area contributed by atoms with Crippen LogP contribution in [0.3, 0.4) is 0 Å². The predicted octanol–water partition coefficient (Wildman–Crippen LogP) is 11.0. The van der Waals surface area contributed by atoms with E-state index >= 15 is 0 Å². The molecule has 2 aromatic heterocycles. The van der Waals surface area contributed by atoms with Crippen LogP contribution in [0.2, 0.25) is 0 Å². The van der Waals surface area contributed by atoms with Gasteiger partial charge in [-0.25, -0.2) is 29.1 Å². The van der Waals surface area contributed by atoms with Crippen molar-refractivity contribution in [1.82, 2.24) is 19.1 Å². The van der Waals surface area contributed by atoms with E-state index in [0.717, 1.165) is 55.4 Å². The van der Waals surface area contributed by atoms with Crippen molar-refractivity contribution < 1.29 is 38.1 Å². The molecule has 66 heavy (non-hydrogen) atoms. The van der Waals surface area contributed by atoms with Crippen LogP contribution < -0.4 is 0 Å². The fraction of sp³-hybridized carbons (Fsp3) is 0.222. The molecule has 0 saturated heterocycles. The molecule has 12 nitrogen and oxygen atoms in total. The van der Waals surface area contributed by atoms with Crippen LogP contribution in [0, 0.1) is 0 Å². The van der Waals surface area contributed by atoms with Crippen molar-refractivity contribution in [3.05, 3.63) is 179 Å². The number of hydrogen-bond donors (Lipinski definition) is 0. The summed E-state index contributed by atoms with van der Waals surface area (Å²) in [6, 6.07) is 41.7. The highest BCUT2D eigenvalue weighted by Gasteiger charge is 2.22. The minimum Gasteiger partial charge on any atom is -0.465 e. The highest BCUT2D eigenvalue weighted by molar-refractivity contribution is 5.99. The van der Waals surface area contributed by atoms with Gasteiger partial charge < -0.3 is 28.1 Å². The van der Waals surface area contributed by atoms with E-state index in [-0.39, 0.29) is 23.9 Å². The van der Waals surface area contributed by atoms with Crippen molar-refractivity contribution in [3.8, 4) is 22.3 Å². The van der Waals surface area contributed by atoms with Gasteiger partial charge in [0.05, 0.1) is 71.2 Å². The normalized spacial score (nSPS) is 11.4. The van der Waals surface area contributed by atoms with Gasteiger partial charge in [0.15, 0.2) is 0 Å². The van der Waals surface area contributed by atoms with Crippen LogP contribution in [0.4, 0.5) is 0 Å². The molecular weight excluding hydrogens is 833 g/mol. The van der Waals surface area contributed by atoms with Crippen molar-refractivity contribution in [2.45, 2.75) is 65.8 Å². The third-order valence-corrected chi connectivity index (χ3v) is 10.4. The third kappa shape index (κ3) is 11.1. The largest absolute Gasteiger partial charge is 0.465 e. The minimum absolute atomic E-state index is 0.335. The van der Waals surface area contributed by atoms with E-state index < -0.39 is 11.2 Å². The number of methoxy groups -OCH3 is 2. The Kier molecular flexibility index (Phi) is 13.6. The molecule has 0 aliphatic heterocycles. The first kappa shape index (κ1) is 46.1. The van der Waals surface area contributed by atoms with Gasteiger partial charge in [-0.1, -0.05) is 84.9 Å². The fourth-order valence-electron chi connectivity index (χ4n) is 7.33. The summed E-state index contributed by atoms with van der Waals surface area (Å²) < 4.78 is 24.8. The Morgan fingerprint density at radius 3 is 1.36 bits per heavy atom. The van der Waals surface area contributed by atoms with Gasteiger partial charge in [-0.05, 0) is 123 Å². The van der Waals surface area contributed by atoms with Crippen LogP contribution in [-0.2, 0) is 32.0 Å². The Bertz CT molecular complexity index is 3040. The van der Waals surface area contributed by atoms with Crippen LogP contribution >= 0.6 is 0 Å². The molecule has 0 unspecified atom stereocenters. The molecule has 0 bridgehead atoms. The number of ether oxygens (including phenoxy) is 4. The quantitative estimate of drug-likeness (QED) is 0.0962. The van der Waals surface area contributed by atoms with Gasteiger partial charge in [-0.2, -0.15) is 0 Å². The average molecular weight is 885 g/mol. The molecule has 0 aliphatic carbocycles. The lowest BCUT2D eigenvalue weighted by Gasteiger charge is -2.20. The van der Waals surface area contributed by atoms with E-state index in [1.165, 1.54) is 14.2 Å². The Morgan fingerprint density at radius 1 is 0.470 bits per heavy atom. The second kappa shape index (κ2) is 19.5. The molecule has 0 aliphatic rings. The molecule has 8 rings (SSSR count). The summed E-state index contributed by atoms with van der Waals surface area (Å²) in [5, 5.41) is 0. The number of benzene rings is 6. The van der Waals surface area contributed by atoms with Crippen LogP contribution in [0.1, 0.15) is 94.1 Å². The summed E-state index contributed by atoms with van der Waals surface area (Å²) in [6.45, 7) is 12.4. The summed E-state index contributed by atoms with van der Waals surface area (Å²) in [5.74, 6) is -1.43. The zero-order chi connectivity index (χ0) is 47.2. The molecule has 2 heterocycles. The van der Waals surface area contributed by atoms with Gasteiger partial charge in [-0.3, -0.25) is 0 Å². The standard InChI is InChI=1S/2C27H26N2O4/c1-27(2,3)33-26(31)22-8-6-5-7-21(22)19-11-9-18(10-12-19)16-29-17-28-23-15-20(25(30)32-4)13-14-24(23)29;1-27(2,3)33-26(31)22-8-6-5-7-21(22)19-11-9-18(10-12-19)16-29-17-28-23-14-13-20(15-24(23)29)25(30)32-4/h2*5-15,17H,16H2,1-4H3. The van der Waals surface area contributed by atoms with Crippen molar-refractivity contribution in [2.24, 2.45) is 0 Å². The number of hydrogen-bond acceptors (Lipinski definition) is 10. The average Bonchev–Trinajstić information content (AvgIpc) is 3.90. The van der Waals surface area contributed by atoms with E-state index in [1.54, 1.807) is 49.1 Å². The zero-order valence-electron chi connectivity index (χ0n) is 38.3. The van der Waals surface area contributed by atoms with Crippen molar-refractivity contribution >= 4 is 45.9 Å². The molecule has 0 amide bonds. The first-order chi connectivity index (χ1) is 31.5. The Hall–Kier alpha value is -7.86. The van der Waals surface area contributed by atoms with E-state index in [9.17, 15) is 19.2 Å². The molecule has 8 aromatic rings. The Labute approximate surface area is 383 Å². The number of carbonyl (C=O) groups excluding carboxylic acids is 4. The van der Waals surface area contributed by atoms with Gasteiger partial charge in [0.1, 0.15) is 11.2 Å². The van der Waals surface area contributed by atoms with Gasteiger partial charge in [0.2, 0.25) is 0 Å². The van der Waals surface area contributed by atoms with Crippen LogP contribution in [0.5, 0.6) is 0 Å². The Balaban J connectivity index is 0.000000196. The number of aromatic nitrogens is 4. The van der Waals surface area contributed by atoms with Gasteiger partial charge in [-0.15, -0.1) is 0 Å². The lowest BCUT2D eigenvalue weighted by Crippen LogP contribution is -2.24. The number of imidazole rings is 2.